The Morgan fingerprint density at radius 2 is 0.835 bits per heavy atom. The van der Waals surface area contributed by atoms with Crippen LogP contribution in [0.25, 0.3) is 70.8 Å². The van der Waals surface area contributed by atoms with Crippen molar-refractivity contribution in [3.8, 4) is 5.69 Å². The Balaban J connectivity index is 0.000000129. The first kappa shape index (κ1) is 56.7. The van der Waals surface area contributed by atoms with Gasteiger partial charge in [-0.1, -0.05) is 170 Å². The number of pyridine rings is 2. The summed E-state index contributed by atoms with van der Waals surface area (Å²) in [5.74, 6) is -0.714. The van der Waals surface area contributed by atoms with Crippen molar-refractivity contribution in [3.63, 3.8) is 0 Å². The number of nitrogens with zero attached hydrogens (tertiary/aromatic N) is 4. The van der Waals surface area contributed by atoms with E-state index in [1.807, 2.05) is 84.9 Å². The average Bonchev–Trinajstić information content (AvgIpc) is 4.14. The molecule has 0 atom stereocenters. The lowest BCUT2D eigenvalue weighted by molar-refractivity contribution is 0.477. The Morgan fingerprint density at radius 3 is 1.30 bits per heavy atom. The Hall–Kier alpha value is -8.54. The molecule has 0 unspecified atom stereocenters. The van der Waals surface area contributed by atoms with Crippen LogP contribution in [-0.2, 0) is 16.3 Å². The van der Waals surface area contributed by atoms with Crippen LogP contribution in [0.15, 0.2) is 241 Å². The number of para-hydroxylation sites is 3. The molecule has 3 aromatic heterocycles. The lowest BCUT2D eigenvalue weighted by atomic mass is 9.95. The molecule has 13 aromatic rings. The fraction of sp³-hybridized carbons (Fsp3) is 0.0758. The predicted octanol–water partition coefficient (Wildman–Crippen LogP) is 15.2. The number of nitrogens with two attached hydrogens (primary N) is 1. The molecule has 13 heteroatoms. The zero-order valence-electron chi connectivity index (χ0n) is 43.9. The molecule has 0 aliphatic carbocycles. The maximum Gasteiger partial charge on any atom is 0.313 e. The van der Waals surface area contributed by atoms with Gasteiger partial charge in [0.15, 0.2) is 11.6 Å². The van der Waals surface area contributed by atoms with Crippen LogP contribution < -0.4 is 4.72 Å². The number of aromatic nitrogens is 4. The highest BCUT2D eigenvalue weighted by Gasteiger charge is 2.28. The Morgan fingerprint density at radius 1 is 0.456 bits per heavy atom. The van der Waals surface area contributed by atoms with E-state index in [0.717, 1.165) is 49.7 Å². The number of fused-ring (bicyclic) bond motifs is 12. The van der Waals surface area contributed by atoms with Crippen molar-refractivity contribution in [2.45, 2.75) is 42.8 Å². The zero-order chi connectivity index (χ0) is 54.8. The summed E-state index contributed by atoms with van der Waals surface area (Å²) in [7, 11) is -3.30. The highest BCUT2D eigenvalue weighted by atomic mass is 32.2. The SMILES string of the molecule is Cc1c(C)c(F)c(F)c(C)c1F.O.O=S1(=O)c2ccccc2Cc2ccccc21.[CH3][Al][NH2].c1ccc(-n2cnc3ccccc32)cc1.c1ccc2c(c1)c1ccccc1c1ccccc21.c1cnc2c(c1)ccc1cccnc12. The topological polar surface area (TPSA) is 135 Å². The number of rotatable bonds is 1. The van der Waals surface area contributed by atoms with Crippen LogP contribution in [0.3, 0.4) is 0 Å². The third-order valence-corrected chi connectivity index (χ3v) is 15.4. The highest BCUT2D eigenvalue weighted by molar-refractivity contribution is 7.91. The van der Waals surface area contributed by atoms with E-state index < -0.39 is 27.3 Å². The second-order valence-electron chi connectivity index (χ2n) is 18.3. The molecule has 4 heterocycles. The van der Waals surface area contributed by atoms with Gasteiger partial charge in [-0.2, -0.15) is 0 Å². The summed E-state index contributed by atoms with van der Waals surface area (Å²) in [6, 6.07) is 70.9. The first-order chi connectivity index (χ1) is 37.9. The molecule has 0 spiro atoms. The van der Waals surface area contributed by atoms with E-state index >= 15 is 0 Å². The Kier molecular flexibility index (Phi) is 18.5. The summed E-state index contributed by atoms with van der Waals surface area (Å²) in [5.41, 5.74) is 7.01. The second-order valence-corrected chi connectivity index (χ2v) is 20.9. The largest absolute Gasteiger partial charge is 0.420 e. The fourth-order valence-electron chi connectivity index (χ4n) is 9.48. The van der Waals surface area contributed by atoms with E-state index in [-0.39, 0.29) is 37.6 Å². The summed E-state index contributed by atoms with van der Waals surface area (Å²) in [4.78, 5) is 14.0. The van der Waals surface area contributed by atoms with E-state index in [1.165, 1.54) is 53.1 Å². The van der Waals surface area contributed by atoms with Crippen LogP contribution in [0.4, 0.5) is 13.2 Å². The summed E-state index contributed by atoms with van der Waals surface area (Å²) in [6.45, 7) is 4.01. The van der Waals surface area contributed by atoms with Crippen molar-refractivity contribution < 1.29 is 27.1 Å². The van der Waals surface area contributed by atoms with Crippen molar-refractivity contribution in [1.29, 1.82) is 0 Å². The van der Waals surface area contributed by atoms with Gasteiger partial charge in [-0.15, -0.1) is 0 Å². The van der Waals surface area contributed by atoms with Crippen LogP contribution in [0.5, 0.6) is 0 Å². The molecule has 0 fully saturated rings. The van der Waals surface area contributed by atoms with Gasteiger partial charge in [0.05, 0.1) is 31.9 Å². The highest BCUT2D eigenvalue weighted by Crippen LogP contribution is 2.36. The maximum absolute atomic E-state index is 13.0. The summed E-state index contributed by atoms with van der Waals surface area (Å²) in [5, 5.41) is 10.3. The van der Waals surface area contributed by atoms with E-state index in [4.69, 9.17) is 4.72 Å². The van der Waals surface area contributed by atoms with Crippen molar-refractivity contribution in [1.82, 2.24) is 19.5 Å². The number of imidazole rings is 1. The van der Waals surface area contributed by atoms with Crippen molar-refractivity contribution in [2.75, 3.05) is 0 Å². The zero-order valence-corrected chi connectivity index (χ0v) is 45.9. The molecule has 8 nitrogen and oxygen atoms in total. The number of hydrogen-bond acceptors (Lipinski definition) is 6. The standard InChI is InChI=1S/C18H12.C13H10N2.C13H10O2S.C12H8N2.C9H9F3.CH3.Al.H2N.H2O/c1-2-8-14-13(7-1)15-9-3-4-11-17(15)18-12-6-5-10-16(14)18;1-2-6-11(7-3-1)15-10-14-12-8-4-5-9-13(12)15;14-16(15)12-7-3-1-5-10(12)9-11-6-2-4-8-13(11)16;1-3-9-5-6-10-4-2-8-14-12(10)11(9)13-7-1;1-4-5(2)8(11)9(12)6(3)7(4)10;;;;/h1-12H;1-10H;1-8H,9H2;1-8H;1-3H3;1H3;;2*1H2/q;;;;;;+1;-1;. The number of benzene rings is 10. The fourth-order valence-corrected chi connectivity index (χ4v) is 11.2. The first-order valence-electron chi connectivity index (χ1n) is 25.3. The minimum atomic E-state index is -3.30. The molecule has 10 aromatic carbocycles. The normalized spacial score (nSPS) is 11.6. The van der Waals surface area contributed by atoms with Crippen molar-refractivity contribution >= 4 is 90.4 Å². The van der Waals surface area contributed by atoms with Gasteiger partial charge >= 0.3 is 15.4 Å². The molecule has 1 aliphatic rings. The molecule has 14 rings (SSSR count). The van der Waals surface area contributed by atoms with Gasteiger partial charge in [0.2, 0.25) is 9.84 Å². The minimum absolute atomic E-state index is 0. The minimum Gasteiger partial charge on any atom is -0.420 e. The van der Waals surface area contributed by atoms with Crippen LogP contribution >= 0.6 is 0 Å². The third kappa shape index (κ3) is 12.1. The second kappa shape index (κ2) is 25.7. The van der Waals surface area contributed by atoms with E-state index in [2.05, 4.69) is 135 Å². The molecule has 0 saturated heterocycles. The van der Waals surface area contributed by atoms with Gasteiger partial charge in [0, 0.05) is 40.8 Å². The van der Waals surface area contributed by atoms with Gasteiger partial charge in [0.1, 0.15) is 12.1 Å². The van der Waals surface area contributed by atoms with Gasteiger partial charge in [0.25, 0.3) is 0 Å². The van der Waals surface area contributed by atoms with Gasteiger partial charge in [-0.3, -0.25) is 14.5 Å². The van der Waals surface area contributed by atoms with Crippen LogP contribution in [-0.4, -0.2) is 48.9 Å². The number of hydrogen-bond donors (Lipinski definition) is 1. The van der Waals surface area contributed by atoms with Crippen molar-refractivity contribution in [2.24, 2.45) is 4.72 Å². The van der Waals surface area contributed by atoms with Gasteiger partial charge in [-0.05, 0) is 124 Å². The third-order valence-electron chi connectivity index (χ3n) is 13.5. The average molecular weight is 1080 g/mol. The van der Waals surface area contributed by atoms with Gasteiger partial charge in [-0.25, -0.2) is 26.6 Å². The van der Waals surface area contributed by atoms with Crippen LogP contribution in [0.1, 0.15) is 27.8 Å². The molecular formula is C66H56AlF3N5O3S. The molecule has 0 saturated carbocycles. The smallest absolute Gasteiger partial charge is 0.313 e. The van der Waals surface area contributed by atoms with E-state index in [9.17, 15) is 21.6 Å². The molecule has 1 aliphatic heterocycles. The van der Waals surface area contributed by atoms with Crippen LogP contribution in [0, 0.1) is 38.2 Å². The molecule has 393 valence electrons. The van der Waals surface area contributed by atoms with E-state index in [0.29, 0.717) is 16.2 Å². The Bertz CT molecular complexity index is 3940. The first-order valence-corrected chi connectivity index (χ1v) is 28.6. The lowest BCUT2D eigenvalue weighted by Gasteiger charge is -2.19. The lowest BCUT2D eigenvalue weighted by Crippen LogP contribution is -2.14. The van der Waals surface area contributed by atoms with Gasteiger partial charge < -0.3 is 10.2 Å². The predicted molar refractivity (Wildman–Crippen MR) is 318 cm³/mol. The molecule has 1 radical (unpaired) electrons. The Labute approximate surface area is 463 Å². The maximum atomic E-state index is 13.0. The molecule has 4 N–H and O–H groups in total. The molecular weight excluding hydrogens is 1030 g/mol. The van der Waals surface area contributed by atoms with E-state index in [1.54, 1.807) is 36.7 Å². The van der Waals surface area contributed by atoms with Crippen molar-refractivity contribution in [3.05, 3.63) is 276 Å². The monoisotopic (exact) mass is 1080 g/mol. The molecule has 79 heavy (non-hydrogen) atoms. The van der Waals surface area contributed by atoms with Crippen LogP contribution in [0.2, 0.25) is 5.79 Å². The quantitative estimate of drug-likeness (QED) is 0.0988. The summed E-state index contributed by atoms with van der Waals surface area (Å²) < 4.78 is 70.3. The summed E-state index contributed by atoms with van der Waals surface area (Å²) in [6.07, 6.45) is 6.17. The number of halogens is 3. The number of sulfone groups is 1. The summed E-state index contributed by atoms with van der Waals surface area (Å²) >= 11 is 0.250. The molecule has 0 amide bonds. The molecule has 0 bridgehead atoms.